The molecule has 0 aliphatic carbocycles. The lowest BCUT2D eigenvalue weighted by atomic mass is 10.2. The topological polar surface area (TPSA) is 64.6 Å². The van der Waals surface area contributed by atoms with Crippen molar-refractivity contribution in [1.82, 2.24) is 5.32 Å². The summed E-state index contributed by atoms with van der Waals surface area (Å²) in [6.07, 6.45) is -0.608. The molecule has 2 rings (SSSR count). The van der Waals surface area contributed by atoms with Crippen molar-refractivity contribution < 1.29 is 18.8 Å². The molecule has 0 aromatic heterocycles. The van der Waals surface area contributed by atoms with E-state index >= 15 is 0 Å². The number of carbonyl (C=O) groups excluding carboxylic acids is 1. The van der Waals surface area contributed by atoms with Crippen molar-refractivity contribution in [3.63, 3.8) is 0 Å². The van der Waals surface area contributed by atoms with Crippen molar-refractivity contribution in [2.75, 3.05) is 7.11 Å². The summed E-state index contributed by atoms with van der Waals surface area (Å²) in [6.45, 7) is 8.16. The van der Waals surface area contributed by atoms with Crippen LogP contribution in [0.15, 0.2) is 54.6 Å². The number of rotatable bonds is 10. The van der Waals surface area contributed by atoms with Crippen LogP contribution < -0.4 is 10.1 Å². The molecule has 1 N–H and O–H groups in total. The summed E-state index contributed by atoms with van der Waals surface area (Å²) >= 11 is 2.80. The number of ether oxygens (including phenoxy) is 2. The zero-order chi connectivity index (χ0) is 22.1. The number of carbonyl (C=O) groups is 1. The summed E-state index contributed by atoms with van der Waals surface area (Å²) in [5.41, 5.74) is -1.44. The van der Waals surface area contributed by atoms with E-state index in [0.29, 0.717) is 11.3 Å². The third-order valence-electron chi connectivity index (χ3n) is 3.93. The third kappa shape index (κ3) is 7.29. The van der Waals surface area contributed by atoms with Gasteiger partial charge in [-0.3, -0.25) is 4.57 Å². The molecule has 8 heteroatoms. The van der Waals surface area contributed by atoms with Crippen molar-refractivity contribution in [2.45, 2.75) is 50.6 Å². The van der Waals surface area contributed by atoms with Crippen LogP contribution in [0.5, 0.6) is 5.75 Å². The molecule has 30 heavy (non-hydrogen) atoms. The van der Waals surface area contributed by atoms with Gasteiger partial charge in [0, 0.05) is 16.1 Å². The van der Waals surface area contributed by atoms with Crippen molar-refractivity contribution in [3.05, 3.63) is 65.7 Å². The molecule has 1 atom stereocenters. The predicted octanol–water partition coefficient (Wildman–Crippen LogP) is 7.10. The Kier molecular flexibility index (Phi) is 9.66. The van der Waals surface area contributed by atoms with Crippen molar-refractivity contribution >= 4 is 34.4 Å². The molecule has 164 valence electrons. The Morgan fingerprint density at radius 2 is 1.53 bits per heavy atom. The van der Waals surface area contributed by atoms with E-state index in [-0.39, 0.29) is 17.1 Å². The van der Waals surface area contributed by atoms with Gasteiger partial charge in [-0.15, -0.1) is 0 Å². The molecule has 5 nitrogen and oxygen atoms in total. The molecular weight excluding hydrogens is 437 g/mol. The molecule has 0 radical (unpaired) electrons. The first-order valence-electron chi connectivity index (χ1n) is 9.81. The Labute approximate surface area is 187 Å². The highest BCUT2D eigenvalue weighted by atomic mass is 33.1. The van der Waals surface area contributed by atoms with Crippen LogP contribution in [-0.4, -0.2) is 23.7 Å². The van der Waals surface area contributed by atoms with Gasteiger partial charge in [-0.1, -0.05) is 99.0 Å². The van der Waals surface area contributed by atoms with Gasteiger partial charge in [-0.05, 0) is 11.6 Å². The van der Waals surface area contributed by atoms with Gasteiger partial charge in [-0.2, -0.15) is 0 Å². The van der Waals surface area contributed by atoms with Crippen LogP contribution in [0.25, 0.3) is 0 Å². The van der Waals surface area contributed by atoms with Crippen molar-refractivity contribution in [1.29, 1.82) is 0 Å². The number of amides is 1. The van der Waals surface area contributed by atoms with Gasteiger partial charge >= 0.3 is 6.09 Å². The molecule has 0 bridgehead atoms. The molecule has 2 aromatic rings. The fraction of sp³-hybridized carbons (Fsp3) is 0.409. The summed E-state index contributed by atoms with van der Waals surface area (Å²) in [5.74, 6) is -0.156. The van der Waals surface area contributed by atoms with Gasteiger partial charge in [0.1, 0.15) is 18.1 Å². The summed E-state index contributed by atoms with van der Waals surface area (Å²) in [4.78, 5) is 12.7. The summed E-state index contributed by atoms with van der Waals surface area (Å²) in [7, 11) is 1.57. The first-order chi connectivity index (χ1) is 14.2. The van der Waals surface area contributed by atoms with E-state index < -0.39 is 17.4 Å². The molecular formula is C22H30NO4PS2. The fourth-order valence-electron chi connectivity index (χ4n) is 2.83. The minimum Gasteiger partial charge on any atom is -0.496 e. The first-order valence-corrected chi connectivity index (χ1v) is 14.6. The standard InChI is InChI=1S/C22H30NO4PS2/c1-16(2)29-28(25,30-17(3)4)21(19-13-9-10-14-20(19)26-5)23-22(24)27-15-18-11-7-6-8-12-18/h6-14,16-17,21H,15H2,1-5H3,(H,23,24). The Morgan fingerprint density at radius 3 is 2.10 bits per heavy atom. The smallest absolute Gasteiger partial charge is 0.408 e. The number of para-hydroxylation sites is 1. The van der Waals surface area contributed by atoms with Crippen molar-refractivity contribution in [2.24, 2.45) is 0 Å². The Hall–Kier alpha value is -1.56. The normalized spacial score (nSPS) is 12.6. The first kappa shape index (κ1) is 24.7. The molecule has 0 aliphatic rings. The SMILES string of the molecule is COc1ccccc1C(NC(=O)OCc1ccccc1)P(=O)(SC(C)C)SC(C)C. The van der Waals surface area contributed by atoms with Gasteiger partial charge in [0.15, 0.2) is 0 Å². The van der Waals surface area contributed by atoms with E-state index in [1.165, 1.54) is 22.8 Å². The van der Waals surface area contributed by atoms with Crippen LogP contribution in [0.4, 0.5) is 4.79 Å². The van der Waals surface area contributed by atoms with Gasteiger partial charge in [0.25, 0.3) is 0 Å². The van der Waals surface area contributed by atoms with Gasteiger partial charge in [0.05, 0.1) is 7.11 Å². The highest BCUT2D eigenvalue weighted by molar-refractivity contribution is 8.90. The molecule has 0 heterocycles. The lowest BCUT2D eigenvalue weighted by molar-refractivity contribution is 0.138. The highest BCUT2D eigenvalue weighted by Gasteiger charge is 2.40. The van der Waals surface area contributed by atoms with E-state index in [4.69, 9.17) is 9.47 Å². The minimum absolute atomic E-state index is 0.126. The van der Waals surface area contributed by atoms with Crippen LogP contribution in [0.3, 0.4) is 0 Å². The van der Waals surface area contributed by atoms with E-state index in [1.54, 1.807) is 7.11 Å². The molecule has 0 fully saturated rings. The highest BCUT2D eigenvalue weighted by Crippen LogP contribution is 2.78. The molecule has 0 saturated carbocycles. The molecule has 0 saturated heterocycles. The summed E-state index contributed by atoms with van der Waals surface area (Å²) in [5, 5.41) is 3.14. The number of alkyl carbamates (subject to hydrolysis) is 1. The zero-order valence-electron chi connectivity index (χ0n) is 18.0. The van der Waals surface area contributed by atoms with Crippen LogP contribution in [0.1, 0.15) is 44.6 Å². The van der Waals surface area contributed by atoms with Gasteiger partial charge < -0.3 is 14.8 Å². The summed E-state index contributed by atoms with van der Waals surface area (Å²) in [6, 6.07) is 16.8. The van der Waals surface area contributed by atoms with E-state index in [9.17, 15) is 9.36 Å². The summed E-state index contributed by atoms with van der Waals surface area (Å²) < 4.78 is 25.2. The number of nitrogens with one attached hydrogen (secondary N) is 1. The van der Waals surface area contributed by atoms with Gasteiger partial charge in [0.2, 0.25) is 5.55 Å². The number of hydrogen-bond acceptors (Lipinski definition) is 6. The van der Waals surface area contributed by atoms with Gasteiger partial charge in [-0.25, -0.2) is 4.79 Å². The average Bonchev–Trinajstić information content (AvgIpc) is 2.70. The molecule has 2 aromatic carbocycles. The average molecular weight is 468 g/mol. The Morgan fingerprint density at radius 1 is 0.967 bits per heavy atom. The lowest BCUT2D eigenvalue weighted by Gasteiger charge is -2.30. The van der Waals surface area contributed by atoms with E-state index in [0.717, 1.165) is 5.56 Å². The molecule has 1 unspecified atom stereocenters. The monoisotopic (exact) mass is 467 g/mol. The van der Waals surface area contributed by atoms with Crippen LogP contribution in [0, 0.1) is 0 Å². The second kappa shape index (κ2) is 11.7. The van der Waals surface area contributed by atoms with Crippen LogP contribution in [-0.2, 0) is 15.9 Å². The lowest BCUT2D eigenvalue weighted by Crippen LogP contribution is -2.29. The molecule has 1 amide bonds. The fourth-order valence-corrected chi connectivity index (χ4v) is 14.1. The zero-order valence-corrected chi connectivity index (χ0v) is 20.6. The number of benzene rings is 2. The van der Waals surface area contributed by atoms with Crippen LogP contribution in [0.2, 0.25) is 0 Å². The number of hydrogen-bond donors (Lipinski definition) is 1. The van der Waals surface area contributed by atoms with Crippen LogP contribution >= 0.6 is 28.3 Å². The number of methoxy groups -OCH3 is 1. The second-order valence-electron chi connectivity index (χ2n) is 7.20. The Balaban J connectivity index is 2.34. The second-order valence-corrected chi connectivity index (χ2v) is 16.3. The van der Waals surface area contributed by atoms with Crippen molar-refractivity contribution in [3.8, 4) is 5.75 Å². The Bertz CT molecular complexity index is 847. The predicted molar refractivity (Wildman–Crippen MR) is 129 cm³/mol. The largest absolute Gasteiger partial charge is 0.496 e. The van der Waals surface area contributed by atoms with E-state index in [2.05, 4.69) is 5.32 Å². The maximum absolute atomic E-state index is 14.2. The maximum atomic E-state index is 14.2. The van der Waals surface area contributed by atoms with E-state index in [1.807, 2.05) is 82.3 Å². The molecule has 0 aliphatic heterocycles. The molecule has 0 spiro atoms. The quantitative estimate of drug-likeness (QED) is 0.376. The maximum Gasteiger partial charge on any atom is 0.408 e. The third-order valence-corrected chi connectivity index (χ3v) is 13.5. The minimum atomic E-state index is -3.01.